The van der Waals surface area contributed by atoms with Crippen molar-refractivity contribution < 1.29 is 124 Å². The molecular formula is C48H12Cl9F24N5O4. The number of ether oxygens (including phenoxy) is 2. The number of carbonyl (C=O) groups is 2. The summed E-state index contributed by atoms with van der Waals surface area (Å²) >= 11 is 43.3. The number of benzene rings is 4. The Balaban J connectivity index is 0.000000883. The van der Waals surface area contributed by atoms with Gasteiger partial charge in [0.15, 0.2) is 129 Å². The van der Waals surface area contributed by atoms with Crippen LogP contribution in [0.25, 0.3) is 55.5 Å². The van der Waals surface area contributed by atoms with Gasteiger partial charge in [-0.05, 0) is 7.05 Å². The number of alkyl halides is 11. The fourth-order valence-corrected chi connectivity index (χ4v) is 9.09. The molecule has 8 bridgehead atoms. The van der Waals surface area contributed by atoms with Gasteiger partial charge < -0.3 is 19.4 Å². The van der Waals surface area contributed by atoms with Crippen LogP contribution < -0.4 is 9.47 Å². The summed E-state index contributed by atoms with van der Waals surface area (Å²) in [4.78, 5) is 37.6. The minimum Gasteiger partial charge on any atom is -0.402 e. The zero-order valence-electron chi connectivity index (χ0n) is 41.6. The van der Waals surface area contributed by atoms with Gasteiger partial charge in [0.2, 0.25) is 46.4 Å². The number of halogens is 33. The number of aromatic nitrogens is 4. The molecule has 2 atom stereocenters. The number of nitrogens with one attached hydrogen (secondary N) is 2. The molecule has 6 aromatic rings. The van der Waals surface area contributed by atoms with E-state index < -0.39 is 267 Å². The number of aromatic amines is 2. The molecule has 10 rings (SSSR count). The molecule has 1 fully saturated rings. The van der Waals surface area contributed by atoms with E-state index in [1.807, 2.05) is 0 Å². The number of hydrogen-bond donors (Lipinski definition) is 2. The van der Waals surface area contributed by atoms with Crippen LogP contribution in [0.15, 0.2) is 0 Å². The quantitative estimate of drug-likeness (QED) is 0.0594. The second-order valence-electron chi connectivity index (χ2n) is 17.5. The van der Waals surface area contributed by atoms with Crippen LogP contribution in [0.1, 0.15) is 32.4 Å². The lowest BCUT2D eigenvalue weighted by Crippen LogP contribution is -2.38. The fraction of sp³-hybridized carbons (Fsp3) is 0.167. The molecule has 4 aromatic carbocycles. The van der Waals surface area contributed by atoms with Crippen molar-refractivity contribution in [3.63, 3.8) is 0 Å². The lowest BCUT2D eigenvalue weighted by molar-refractivity contribution is 0.00489. The molecule has 1 saturated heterocycles. The Morgan fingerprint density at radius 1 is 0.344 bits per heavy atom. The molecule has 4 aliphatic heterocycles. The summed E-state index contributed by atoms with van der Waals surface area (Å²) in [6, 6.07) is 0. The normalized spacial score (nSPS) is 16.6. The van der Waals surface area contributed by atoms with Crippen molar-refractivity contribution in [2.75, 3.05) is 20.1 Å². The van der Waals surface area contributed by atoms with E-state index in [1.165, 1.54) is 9.97 Å². The second-order valence-corrected chi connectivity index (χ2v) is 23.4. The number of rotatable bonds is 4. The number of carbonyl (C=O) groups excluding carboxylic acids is 2. The number of fused-ring (bicyclic) bond motifs is 11. The minimum absolute atomic E-state index is 0.406. The van der Waals surface area contributed by atoms with Gasteiger partial charge in [-0.1, -0.05) is 104 Å². The van der Waals surface area contributed by atoms with Gasteiger partial charge in [-0.3, -0.25) is 4.90 Å². The van der Waals surface area contributed by atoms with Crippen molar-refractivity contribution in [2.45, 2.75) is 24.2 Å². The largest absolute Gasteiger partial charge is 0.402 e. The number of H-pyrrole nitrogens is 2. The Morgan fingerprint density at radius 3 is 0.767 bits per heavy atom. The first-order valence-electron chi connectivity index (χ1n) is 22.4. The molecule has 0 saturated carbocycles. The summed E-state index contributed by atoms with van der Waals surface area (Å²) in [6.07, 6.45) is 0. The van der Waals surface area contributed by atoms with Gasteiger partial charge in [0.1, 0.15) is 0 Å². The Labute approximate surface area is 525 Å². The first kappa shape index (κ1) is 71.5. The minimum atomic E-state index is -4.58. The molecule has 0 aliphatic carbocycles. The topological polar surface area (TPSA) is 113 Å². The van der Waals surface area contributed by atoms with Gasteiger partial charge >= 0.3 is 11.9 Å². The standard InChI is InChI=1S/C45H9F24N5O4.3CHCl3/c1-74-2-44(68)38-10(6-16(50)24(58)30(64)25(59)17(6)51)40-71-36(42(75)77-40)8(4-12(46)20(54)28(62)21(55)13(4)47)34-32(66)33(67)35(70-34)9(5-14(48)22(56)29(63)23(57)15(5)49)37-43(76)78-41(72-37)11(39(73-38)45(44,69)3-74)7-18(52)26(60)31(65)27(61)19(7)53;3*2-1(3)4/h70,73H,2-3H2,1H3;3*1H/t44-,45+;;;. The van der Waals surface area contributed by atoms with E-state index in [0.29, 0.717) is 11.9 Å². The molecule has 2 aromatic heterocycles. The van der Waals surface area contributed by atoms with Crippen molar-refractivity contribution >= 4 is 127 Å². The van der Waals surface area contributed by atoms with Crippen LogP contribution >= 0.6 is 104 Å². The summed E-state index contributed by atoms with van der Waals surface area (Å²) in [7, 11) is 0.681. The van der Waals surface area contributed by atoms with Gasteiger partial charge in [-0.15, -0.1) is 0 Å². The van der Waals surface area contributed by atoms with Crippen LogP contribution in [0.4, 0.5) is 105 Å². The Morgan fingerprint density at radius 2 is 0.544 bits per heavy atom. The third kappa shape index (κ3) is 11.9. The van der Waals surface area contributed by atoms with Gasteiger partial charge in [-0.25, -0.2) is 125 Å². The number of hydrogen-bond acceptors (Lipinski definition) is 7. The highest BCUT2D eigenvalue weighted by Gasteiger charge is 2.68. The zero-order valence-corrected chi connectivity index (χ0v) is 48.4. The third-order valence-corrected chi connectivity index (χ3v) is 12.5. The van der Waals surface area contributed by atoms with Crippen LogP contribution in [-0.2, 0) is 11.3 Å². The molecule has 4 aliphatic rings. The molecule has 90 heavy (non-hydrogen) atoms. The van der Waals surface area contributed by atoms with E-state index in [1.54, 1.807) is 0 Å². The van der Waals surface area contributed by atoms with Crippen molar-refractivity contribution in [3.05, 3.63) is 151 Å². The van der Waals surface area contributed by atoms with Crippen molar-refractivity contribution in [3.8, 4) is 56.3 Å². The predicted octanol–water partition coefficient (Wildman–Crippen LogP) is 18.1. The van der Waals surface area contributed by atoms with Gasteiger partial charge in [0, 0.05) is 24.2 Å². The molecule has 2 N–H and O–H groups in total. The van der Waals surface area contributed by atoms with E-state index in [2.05, 4.69) is 9.97 Å². The maximum Gasteiger partial charge on any atom is 0.364 e. The maximum absolute atomic E-state index is 18.5. The summed E-state index contributed by atoms with van der Waals surface area (Å²) < 4.78 is 386. The number of esters is 2. The van der Waals surface area contributed by atoms with Crippen LogP contribution in [0.3, 0.4) is 0 Å². The van der Waals surface area contributed by atoms with Crippen LogP contribution in [0, 0.1) is 128 Å². The van der Waals surface area contributed by atoms with Crippen LogP contribution in [0.5, 0.6) is 11.8 Å². The molecular weight excluding hydrogens is 1490 g/mol. The van der Waals surface area contributed by atoms with Crippen molar-refractivity contribution in [2.24, 2.45) is 0 Å². The lowest BCUT2D eigenvalue weighted by atomic mass is 9.82. The van der Waals surface area contributed by atoms with E-state index in [4.69, 9.17) is 114 Å². The highest BCUT2D eigenvalue weighted by Crippen LogP contribution is 2.61. The highest BCUT2D eigenvalue weighted by atomic mass is 35.6. The summed E-state index contributed by atoms with van der Waals surface area (Å²) in [5, 5.41) is 0. The number of likely N-dealkylation sites (N-methyl/N-ethyl adjacent to an activating group) is 1. The first-order valence-corrected chi connectivity index (χ1v) is 26.3. The summed E-state index contributed by atoms with van der Waals surface area (Å²) in [6.45, 7) is -3.54. The summed E-state index contributed by atoms with van der Waals surface area (Å²) in [5.74, 6) is -78.8. The average Bonchev–Trinajstić information content (AvgIpc) is 1.51. The number of likely N-dealkylation sites (tertiary alicyclic amines) is 1. The monoisotopic (exact) mass is 1490 g/mol. The van der Waals surface area contributed by atoms with Gasteiger partial charge in [-0.2, -0.15) is 0 Å². The average molecular weight is 1500 g/mol. The first-order chi connectivity index (χ1) is 41.5. The van der Waals surface area contributed by atoms with Gasteiger partial charge in [0.05, 0.1) is 55.8 Å². The summed E-state index contributed by atoms with van der Waals surface area (Å²) in [5.41, 5.74) is -43.9. The zero-order chi connectivity index (χ0) is 68.1. The van der Waals surface area contributed by atoms with E-state index in [9.17, 15) is 27.2 Å². The molecule has 9 nitrogen and oxygen atoms in total. The van der Waals surface area contributed by atoms with E-state index >= 15 is 87.8 Å². The van der Waals surface area contributed by atoms with Gasteiger partial charge in [0.25, 0.3) is 0 Å². The molecule has 0 radical (unpaired) electrons. The Bertz CT molecular complexity index is 3910. The maximum atomic E-state index is 18.5. The second kappa shape index (κ2) is 26.2. The Kier molecular flexibility index (Phi) is 20.9. The number of nitrogens with zero attached hydrogens (tertiary/aromatic N) is 3. The van der Waals surface area contributed by atoms with Crippen molar-refractivity contribution in [1.82, 2.24) is 24.8 Å². The highest BCUT2D eigenvalue weighted by molar-refractivity contribution is 6.63. The molecule has 42 heteroatoms. The van der Waals surface area contributed by atoms with Crippen LogP contribution in [0.2, 0.25) is 0 Å². The molecule has 484 valence electrons. The smallest absolute Gasteiger partial charge is 0.364 e. The van der Waals surface area contributed by atoms with Crippen molar-refractivity contribution in [1.29, 1.82) is 0 Å². The third-order valence-electron chi connectivity index (χ3n) is 12.5. The molecule has 0 amide bonds. The predicted molar refractivity (Wildman–Crippen MR) is 270 cm³/mol. The van der Waals surface area contributed by atoms with Crippen LogP contribution in [-0.4, -0.2) is 69.8 Å². The molecule has 6 heterocycles. The van der Waals surface area contributed by atoms with E-state index in [0.717, 1.165) is 0 Å². The molecule has 0 unspecified atom stereocenters. The SMILES string of the molecule is CN1C[C@@]2(F)c3[nH]c(c(-c4c(F)c(F)c(F)c(F)c4F)c4nc(c(-c5c(F)c(F)c(F)c(F)c5F)c5[nH]c(c(F)c5F)c(-c5c(F)c(F)c(F)c(F)c5F)c5nc(c3-c3c(F)c(F)c(F)c(F)c3F)OC5=O)C(=O)O4)[C@@]2(F)C1.ClC(Cl)Cl.ClC(Cl)Cl.ClC(Cl)Cl. The van der Waals surface area contributed by atoms with E-state index in [-0.39, 0.29) is 0 Å². The fourth-order valence-electron chi connectivity index (χ4n) is 9.09. The molecule has 0 spiro atoms. The Hall–Kier alpha value is -5.91. The lowest BCUT2D eigenvalue weighted by Gasteiger charge is -2.27.